The van der Waals surface area contributed by atoms with Crippen LogP contribution in [0.4, 0.5) is 0 Å². The summed E-state index contributed by atoms with van der Waals surface area (Å²) in [5.41, 5.74) is 2.59. The Balaban J connectivity index is 1.85. The number of carbonyl (C=O) groups is 1. The molecule has 2 unspecified atom stereocenters. The van der Waals surface area contributed by atoms with Crippen LogP contribution >= 0.6 is 0 Å². The van der Waals surface area contributed by atoms with Gasteiger partial charge in [0.1, 0.15) is 5.75 Å². The fraction of sp³-hybridized carbons (Fsp3) is 0.278. The normalized spacial score (nSPS) is 19.0. The Morgan fingerprint density at radius 1 is 1.14 bits per heavy atom. The summed E-state index contributed by atoms with van der Waals surface area (Å²) >= 11 is 0. The zero-order valence-corrected chi connectivity index (χ0v) is 12.0. The molecule has 0 aromatic heterocycles. The first-order chi connectivity index (χ1) is 10.2. The molecule has 3 nitrogen and oxygen atoms in total. The molecular weight excluding hydrogens is 264 g/mol. The van der Waals surface area contributed by atoms with Crippen molar-refractivity contribution in [2.75, 3.05) is 7.11 Å². The molecule has 0 radical (unpaired) electrons. The Labute approximate surface area is 124 Å². The number of ether oxygens (including phenoxy) is 1. The summed E-state index contributed by atoms with van der Waals surface area (Å²) in [6, 6.07) is 14.9. The summed E-state index contributed by atoms with van der Waals surface area (Å²) in [6.07, 6.45) is 0.750. The van der Waals surface area contributed by atoms with Crippen molar-refractivity contribution in [1.82, 2.24) is 0 Å². The molecule has 2 aromatic rings. The van der Waals surface area contributed by atoms with Gasteiger partial charge in [-0.2, -0.15) is 0 Å². The molecule has 2 atom stereocenters. The van der Waals surface area contributed by atoms with Crippen molar-refractivity contribution in [3.8, 4) is 5.75 Å². The van der Waals surface area contributed by atoms with E-state index < -0.39 is 6.10 Å². The molecule has 3 heteroatoms. The molecule has 0 saturated carbocycles. The molecule has 3 rings (SSSR count). The van der Waals surface area contributed by atoms with Crippen LogP contribution < -0.4 is 4.74 Å². The Morgan fingerprint density at radius 2 is 1.86 bits per heavy atom. The van der Waals surface area contributed by atoms with Crippen molar-refractivity contribution in [1.29, 1.82) is 0 Å². The van der Waals surface area contributed by atoms with Crippen LogP contribution in [0, 0.1) is 5.92 Å². The number of hydrogen-bond acceptors (Lipinski definition) is 3. The molecule has 0 spiro atoms. The lowest BCUT2D eigenvalue weighted by molar-refractivity contribution is 0.0637. The van der Waals surface area contributed by atoms with E-state index in [0.717, 1.165) is 28.9 Å². The van der Waals surface area contributed by atoms with Crippen LogP contribution in [0.25, 0.3) is 0 Å². The summed E-state index contributed by atoms with van der Waals surface area (Å²) in [4.78, 5) is 12.6. The van der Waals surface area contributed by atoms with Crippen LogP contribution in [0.15, 0.2) is 48.5 Å². The number of hydrogen-bond donors (Lipinski definition) is 1. The van der Waals surface area contributed by atoms with Crippen molar-refractivity contribution in [2.45, 2.75) is 18.9 Å². The fourth-order valence-corrected chi connectivity index (χ4v) is 2.96. The van der Waals surface area contributed by atoms with Gasteiger partial charge in [0.15, 0.2) is 5.78 Å². The maximum Gasteiger partial charge on any atom is 0.169 e. The van der Waals surface area contributed by atoms with E-state index in [4.69, 9.17) is 4.74 Å². The number of aliphatic hydroxyl groups is 1. The fourth-order valence-electron chi connectivity index (χ4n) is 2.96. The molecule has 108 valence electrons. The lowest BCUT2D eigenvalue weighted by atomic mass is 9.78. The predicted molar refractivity (Wildman–Crippen MR) is 80.5 cm³/mol. The van der Waals surface area contributed by atoms with E-state index in [1.165, 1.54) is 0 Å². The Hall–Kier alpha value is -2.13. The Morgan fingerprint density at radius 3 is 2.57 bits per heavy atom. The molecule has 21 heavy (non-hydrogen) atoms. The molecule has 0 bridgehead atoms. The van der Waals surface area contributed by atoms with Crippen LogP contribution in [-0.4, -0.2) is 18.0 Å². The standard InChI is InChI=1S/C18H18O3/c1-21-14-9-6-13(7-10-14)17(19)16-11-8-12-4-2-3-5-15(12)18(16)20/h2-7,9-10,16-17,19H,8,11H2,1H3. The van der Waals surface area contributed by atoms with Crippen molar-refractivity contribution in [3.63, 3.8) is 0 Å². The minimum atomic E-state index is -0.767. The Kier molecular flexibility index (Phi) is 3.76. The number of aryl methyl sites for hydroxylation is 1. The minimum absolute atomic E-state index is 0.0418. The van der Waals surface area contributed by atoms with Crippen LogP contribution in [0.2, 0.25) is 0 Å². The highest BCUT2D eigenvalue weighted by Gasteiger charge is 2.33. The van der Waals surface area contributed by atoms with E-state index in [0.29, 0.717) is 6.42 Å². The quantitative estimate of drug-likeness (QED) is 0.940. The van der Waals surface area contributed by atoms with Crippen LogP contribution in [0.1, 0.15) is 34.0 Å². The maximum absolute atomic E-state index is 12.6. The van der Waals surface area contributed by atoms with Gasteiger partial charge in [-0.15, -0.1) is 0 Å². The lowest BCUT2D eigenvalue weighted by Gasteiger charge is -2.27. The Bertz CT molecular complexity index is 646. The van der Waals surface area contributed by atoms with Crippen LogP contribution in [0.3, 0.4) is 0 Å². The number of methoxy groups -OCH3 is 1. The predicted octanol–water partition coefficient (Wildman–Crippen LogP) is 3.17. The molecule has 0 saturated heterocycles. The van der Waals surface area contributed by atoms with Crippen molar-refractivity contribution < 1.29 is 14.6 Å². The number of fused-ring (bicyclic) bond motifs is 1. The van der Waals surface area contributed by atoms with E-state index in [9.17, 15) is 9.90 Å². The first kappa shape index (κ1) is 13.8. The summed E-state index contributed by atoms with van der Waals surface area (Å²) in [5, 5.41) is 10.5. The second-order valence-electron chi connectivity index (χ2n) is 5.38. The number of rotatable bonds is 3. The van der Waals surface area contributed by atoms with Crippen molar-refractivity contribution in [2.24, 2.45) is 5.92 Å². The summed E-state index contributed by atoms with van der Waals surface area (Å²) in [5.74, 6) is 0.416. The lowest BCUT2D eigenvalue weighted by Crippen LogP contribution is -2.28. The largest absolute Gasteiger partial charge is 0.497 e. The van der Waals surface area contributed by atoms with Gasteiger partial charge in [0.05, 0.1) is 19.1 Å². The SMILES string of the molecule is COc1ccc(C(O)C2CCc3ccccc3C2=O)cc1. The van der Waals surface area contributed by atoms with Gasteiger partial charge in [-0.25, -0.2) is 0 Å². The van der Waals surface area contributed by atoms with E-state index in [-0.39, 0.29) is 11.7 Å². The van der Waals surface area contributed by atoms with Gasteiger partial charge in [0.25, 0.3) is 0 Å². The molecule has 0 fully saturated rings. The van der Waals surface area contributed by atoms with E-state index >= 15 is 0 Å². The second-order valence-corrected chi connectivity index (χ2v) is 5.38. The zero-order chi connectivity index (χ0) is 14.8. The molecule has 0 aliphatic heterocycles. The second kappa shape index (κ2) is 5.70. The van der Waals surface area contributed by atoms with Gasteiger partial charge in [-0.1, -0.05) is 36.4 Å². The highest BCUT2D eigenvalue weighted by atomic mass is 16.5. The third kappa shape index (κ3) is 2.57. The van der Waals surface area contributed by atoms with E-state index in [1.54, 1.807) is 19.2 Å². The van der Waals surface area contributed by atoms with Crippen molar-refractivity contribution >= 4 is 5.78 Å². The molecule has 2 aromatic carbocycles. The third-order valence-electron chi connectivity index (χ3n) is 4.18. The number of benzene rings is 2. The number of aliphatic hydroxyl groups excluding tert-OH is 1. The minimum Gasteiger partial charge on any atom is -0.497 e. The third-order valence-corrected chi connectivity index (χ3v) is 4.18. The number of Topliss-reactive ketones (excluding diaryl/α,β-unsaturated/α-hetero) is 1. The topological polar surface area (TPSA) is 46.5 Å². The zero-order valence-electron chi connectivity index (χ0n) is 12.0. The van der Waals surface area contributed by atoms with Gasteiger partial charge in [-0.05, 0) is 36.1 Å². The first-order valence-corrected chi connectivity index (χ1v) is 7.15. The van der Waals surface area contributed by atoms with Crippen LogP contribution in [0.5, 0.6) is 5.75 Å². The maximum atomic E-state index is 12.6. The van der Waals surface area contributed by atoms with Crippen LogP contribution in [-0.2, 0) is 6.42 Å². The number of ketones is 1. The monoisotopic (exact) mass is 282 g/mol. The average Bonchev–Trinajstić information content (AvgIpc) is 2.55. The highest BCUT2D eigenvalue weighted by molar-refractivity contribution is 6.00. The van der Waals surface area contributed by atoms with Gasteiger partial charge in [0.2, 0.25) is 0 Å². The van der Waals surface area contributed by atoms with E-state index in [2.05, 4.69) is 0 Å². The summed E-state index contributed by atoms with van der Waals surface area (Å²) in [7, 11) is 1.60. The first-order valence-electron chi connectivity index (χ1n) is 7.15. The van der Waals surface area contributed by atoms with E-state index in [1.807, 2.05) is 36.4 Å². The average molecular weight is 282 g/mol. The summed E-state index contributed by atoms with van der Waals surface area (Å²) < 4.78 is 5.11. The van der Waals surface area contributed by atoms with Gasteiger partial charge < -0.3 is 9.84 Å². The van der Waals surface area contributed by atoms with Gasteiger partial charge in [0, 0.05) is 5.56 Å². The molecule has 0 heterocycles. The molecule has 1 aliphatic carbocycles. The molecule has 1 N–H and O–H groups in total. The summed E-state index contributed by atoms with van der Waals surface area (Å²) in [6.45, 7) is 0. The number of carbonyl (C=O) groups excluding carboxylic acids is 1. The highest BCUT2D eigenvalue weighted by Crippen LogP contribution is 2.34. The van der Waals surface area contributed by atoms with Gasteiger partial charge >= 0.3 is 0 Å². The molecule has 0 amide bonds. The molecular formula is C18H18O3. The molecule has 1 aliphatic rings. The van der Waals surface area contributed by atoms with Gasteiger partial charge in [-0.3, -0.25) is 4.79 Å². The van der Waals surface area contributed by atoms with Crippen molar-refractivity contribution in [3.05, 3.63) is 65.2 Å². The smallest absolute Gasteiger partial charge is 0.169 e.